The van der Waals surface area contributed by atoms with E-state index < -0.39 is 12.0 Å². The molecule has 0 saturated heterocycles. The Morgan fingerprint density at radius 3 is 2.27 bits per heavy atom. The Morgan fingerprint density at radius 2 is 1.62 bits per heavy atom. The van der Waals surface area contributed by atoms with Crippen molar-refractivity contribution in [2.45, 2.75) is 39.8 Å². The molecule has 0 spiro atoms. The molecule has 4 rings (SSSR count). The molecule has 6 heteroatoms. The highest BCUT2D eigenvalue weighted by molar-refractivity contribution is 6.01. The van der Waals surface area contributed by atoms with Gasteiger partial charge in [0.1, 0.15) is 18.4 Å². The van der Waals surface area contributed by atoms with Crippen LogP contribution < -0.4 is 10.1 Å². The van der Waals surface area contributed by atoms with E-state index in [1.54, 1.807) is 13.0 Å². The van der Waals surface area contributed by atoms with Crippen LogP contribution in [0.3, 0.4) is 0 Å². The molecular weight excluding hydrogens is 464 g/mol. The number of hydrogen-bond donors (Lipinski definition) is 2. The zero-order valence-corrected chi connectivity index (χ0v) is 21.4. The molecule has 6 nitrogen and oxygen atoms in total. The van der Waals surface area contributed by atoms with Crippen LogP contribution in [0.2, 0.25) is 0 Å². The monoisotopic (exact) mass is 496 g/mol. The first-order valence-corrected chi connectivity index (χ1v) is 12.4. The van der Waals surface area contributed by atoms with E-state index in [1.807, 2.05) is 97.3 Å². The lowest BCUT2D eigenvalue weighted by molar-refractivity contribution is -0.132. The summed E-state index contributed by atoms with van der Waals surface area (Å²) < 4.78 is 8.18. The summed E-state index contributed by atoms with van der Waals surface area (Å²) in [6.07, 6.45) is 2.40. The largest absolute Gasteiger partial charge is 0.488 e. The summed E-state index contributed by atoms with van der Waals surface area (Å²) in [7, 11) is 0. The molecule has 0 aliphatic carbocycles. The third-order valence-electron chi connectivity index (χ3n) is 6.54. The van der Waals surface area contributed by atoms with Crippen molar-refractivity contribution in [3.8, 4) is 5.75 Å². The third-order valence-corrected chi connectivity index (χ3v) is 6.54. The van der Waals surface area contributed by atoms with E-state index in [2.05, 4.69) is 5.32 Å². The molecular formula is C31H32N2O4. The average Bonchev–Trinajstić information content (AvgIpc) is 3.19. The van der Waals surface area contributed by atoms with Crippen molar-refractivity contribution in [1.29, 1.82) is 0 Å². The standard InChI is InChI=1S/C31H32N2O4/c1-21(31(35)36)19-26-22(2)33(23(3)30(34)32-18-17-24-11-6-4-7-12-24)27-15-10-16-28(29(26)27)37-20-25-13-8-5-9-14-25/h4-16,19,23H,17-18,20H2,1-3H3,(H,32,34)(H,35,36). The van der Waals surface area contributed by atoms with E-state index in [9.17, 15) is 14.7 Å². The number of fused-ring (bicyclic) bond motifs is 1. The van der Waals surface area contributed by atoms with Gasteiger partial charge in [0.2, 0.25) is 5.91 Å². The topological polar surface area (TPSA) is 80.6 Å². The van der Waals surface area contributed by atoms with Crippen molar-refractivity contribution < 1.29 is 19.4 Å². The number of aliphatic carboxylic acids is 1. The zero-order valence-electron chi connectivity index (χ0n) is 21.4. The molecule has 1 atom stereocenters. The Morgan fingerprint density at radius 1 is 0.973 bits per heavy atom. The summed E-state index contributed by atoms with van der Waals surface area (Å²) in [6.45, 7) is 6.25. The van der Waals surface area contributed by atoms with Crippen LogP contribution in [0, 0.1) is 6.92 Å². The number of rotatable bonds is 10. The van der Waals surface area contributed by atoms with Gasteiger partial charge in [0.15, 0.2) is 0 Å². The quantitative estimate of drug-likeness (QED) is 0.267. The molecule has 0 aliphatic heterocycles. The second-order valence-electron chi connectivity index (χ2n) is 9.13. The lowest BCUT2D eigenvalue weighted by Crippen LogP contribution is -2.32. The number of benzene rings is 3. The summed E-state index contributed by atoms with van der Waals surface area (Å²) in [4.78, 5) is 24.9. The maximum atomic E-state index is 13.2. The van der Waals surface area contributed by atoms with Crippen LogP contribution in [0.5, 0.6) is 5.75 Å². The minimum atomic E-state index is -0.991. The fraction of sp³-hybridized carbons (Fsp3) is 0.226. The molecule has 3 aromatic carbocycles. The molecule has 1 aromatic heterocycles. The maximum Gasteiger partial charge on any atom is 0.331 e. The van der Waals surface area contributed by atoms with Crippen LogP contribution >= 0.6 is 0 Å². The van der Waals surface area contributed by atoms with Crippen LogP contribution in [0.4, 0.5) is 0 Å². The normalized spacial score (nSPS) is 12.4. The van der Waals surface area contributed by atoms with Gasteiger partial charge in [-0.25, -0.2) is 4.79 Å². The van der Waals surface area contributed by atoms with Gasteiger partial charge in [0.05, 0.1) is 5.52 Å². The predicted octanol–water partition coefficient (Wildman–Crippen LogP) is 5.94. The van der Waals surface area contributed by atoms with E-state index in [1.165, 1.54) is 0 Å². The Labute approximate surface area is 217 Å². The van der Waals surface area contributed by atoms with Crippen molar-refractivity contribution in [1.82, 2.24) is 9.88 Å². The van der Waals surface area contributed by atoms with Gasteiger partial charge in [-0.15, -0.1) is 0 Å². The summed E-state index contributed by atoms with van der Waals surface area (Å²) in [6, 6.07) is 25.1. The minimum absolute atomic E-state index is 0.1000. The van der Waals surface area contributed by atoms with Gasteiger partial charge in [-0.1, -0.05) is 66.7 Å². The fourth-order valence-corrected chi connectivity index (χ4v) is 4.53. The highest BCUT2D eigenvalue weighted by Gasteiger charge is 2.24. The van der Waals surface area contributed by atoms with Gasteiger partial charge in [0, 0.05) is 28.8 Å². The summed E-state index contributed by atoms with van der Waals surface area (Å²) in [5.41, 5.74) is 4.76. The minimum Gasteiger partial charge on any atom is -0.488 e. The molecule has 0 saturated carbocycles. The van der Waals surface area contributed by atoms with E-state index in [-0.39, 0.29) is 11.5 Å². The van der Waals surface area contributed by atoms with Gasteiger partial charge in [-0.3, -0.25) is 4.79 Å². The van der Waals surface area contributed by atoms with E-state index in [0.717, 1.165) is 39.7 Å². The fourth-order valence-electron chi connectivity index (χ4n) is 4.53. The first-order valence-electron chi connectivity index (χ1n) is 12.4. The number of aromatic nitrogens is 1. The number of carbonyl (C=O) groups is 2. The average molecular weight is 497 g/mol. The van der Waals surface area contributed by atoms with Gasteiger partial charge in [0.25, 0.3) is 0 Å². The Kier molecular flexibility index (Phi) is 8.08. The maximum absolute atomic E-state index is 13.2. The van der Waals surface area contributed by atoms with E-state index in [0.29, 0.717) is 18.9 Å². The molecule has 0 bridgehead atoms. The summed E-state index contributed by atoms with van der Waals surface area (Å²) in [5, 5.41) is 13.4. The van der Waals surface area contributed by atoms with E-state index >= 15 is 0 Å². The van der Waals surface area contributed by atoms with Gasteiger partial charge < -0.3 is 19.7 Å². The second-order valence-corrected chi connectivity index (χ2v) is 9.13. The molecule has 0 fully saturated rings. The number of nitrogens with one attached hydrogen (secondary N) is 1. The molecule has 0 aliphatic rings. The molecule has 2 N–H and O–H groups in total. The van der Waals surface area contributed by atoms with Crippen molar-refractivity contribution >= 4 is 28.9 Å². The Balaban J connectivity index is 1.68. The zero-order chi connectivity index (χ0) is 26.4. The van der Waals surface area contributed by atoms with Gasteiger partial charge in [-0.05, 0) is 56.5 Å². The first kappa shape index (κ1) is 25.8. The molecule has 4 aromatic rings. The van der Waals surface area contributed by atoms with Crippen molar-refractivity contribution in [3.63, 3.8) is 0 Å². The second kappa shape index (κ2) is 11.6. The molecule has 1 unspecified atom stereocenters. The van der Waals surface area contributed by atoms with Gasteiger partial charge in [-0.2, -0.15) is 0 Å². The molecule has 37 heavy (non-hydrogen) atoms. The number of ether oxygens (including phenoxy) is 1. The number of amides is 1. The summed E-state index contributed by atoms with van der Waals surface area (Å²) in [5.74, 6) is -0.448. The number of nitrogens with zero attached hydrogens (tertiary/aromatic N) is 1. The Hall–Kier alpha value is -4.32. The van der Waals surface area contributed by atoms with Crippen LogP contribution in [0.25, 0.3) is 17.0 Å². The number of carboxylic acids is 1. The Bertz CT molecular complexity index is 1420. The number of carbonyl (C=O) groups excluding carboxylic acids is 1. The highest BCUT2D eigenvalue weighted by atomic mass is 16.5. The molecule has 1 amide bonds. The highest BCUT2D eigenvalue weighted by Crippen LogP contribution is 2.37. The lowest BCUT2D eigenvalue weighted by atomic mass is 10.1. The SMILES string of the molecule is CC(=Cc1c(C)n(C(C)C(=O)NCCc2ccccc2)c2cccc(OCc3ccccc3)c12)C(=O)O. The third kappa shape index (κ3) is 5.92. The van der Waals surface area contributed by atoms with Crippen molar-refractivity contribution in [3.05, 3.63) is 107 Å². The van der Waals surface area contributed by atoms with Crippen LogP contribution in [-0.2, 0) is 22.6 Å². The number of hydrogen-bond acceptors (Lipinski definition) is 3. The predicted molar refractivity (Wildman–Crippen MR) is 147 cm³/mol. The van der Waals surface area contributed by atoms with E-state index in [4.69, 9.17) is 4.74 Å². The van der Waals surface area contributed by atoms with Crippen LogP contribution in [0.15, 0.2) is 84.4 Å². The molecule has 190 valence electrons. The molecule has 0 radical (unpaired) electrons. The van der Waals surface area contributed by atoms with Crippen molar-refractivity contribution in [2.75, 3.05) is 6.54 Å². The first-order chi connectivity index (χ1) is 17.9. The smallest absolute Gasteiger partial charge is 0.331 e. The lowest BCUT2D eigenvalue weighted by Gasteiger charge is -2.18. The summed E-state index contributed by atoms with van der Waals surface area (Å²) >= 11 is 0. The molecule has 1 heterocycles. The van der Waals surface area contributed by atoms with Crippen molar-refractivity contribution in [2.24, 2.45) is 0 Å². The number of carboxylic acid groups (broad SMARTS) is 1. The van der Waals surface area contributed by atoms with Crippen LogP contribution in [-0.4, -0.2) is 28.1 Å². The van der Waals surface area contributed by atoms with Gasteiger partial charge >= 0.3 is 5.97 Å². The van der Waals surface area contributed by atoms with Crippen LogP contribution in [0.1, 0.15) is 42.3 Å².